The highest BCUT2D eigenvalue weighted by molar-refractivity contribution is 5.65. The van der Waals surface area contributed by atoms with E-state index in [2.05, 4.69) is 57.1 Å². The summed E-state index contributed by atoms with van der Waals surface area (Å²) in [5.74, 6) is 0. The number of nitrogens with zero attached hydrogens (tertiary/aromatic N) is 2. The maximum absolute atomic E-state index is 5.67. The lowest BCUT2D eigenvalue weighted by Crippen LogP contribution is -2.11. The number of hydrogen-bond acceptors (Lipinski definition) is 2. The van der Waals surface area contributed by atoms with Gasteiger partial charge < -0.3 is 5.73 Å². The van der Waals surface area contributed by atoms with Gasteiger partial charge in [-0.2, -0.15) is 5.10 Å². The van der Waals surface area contributed by atoms with E-state index in [9.17, 15) is 0 Å². The van der Waals surface area contributed by atoms with Gasteiger partial charge in [0.2, 0.25) is 0 Å². The molecule has 1 aromatic heterocycles. The van der Waals surface area contributed by atoms with Crippen molar-refractivity contribution in [2.45, 2.75) is 39.7 Å². The molecule has 0 saturated heterocycles. The summed E-state index contributed by atoms with van der Waals surface area (Å²) in [6, 6.07) is 8.74. The van der Waals surface area contributed by atoms with Crippen LogP contribution in [0, 0.1) is 6.92 Å². The number of nitrogens with two attached hydrogens (primary N) is 1. The zero-order valence-corrected chi connectivity index (χ0v) is 12.5. The molecular formula is C16H23N3. The Morgan fingerprint density at radius 3 is 2.42 bits per heavy atom. The zero-order chi connectivity index (χ0) is 14.2. The number of rotatable bonds is 2. The molecule has 0 bridgehead atoms. The van der Waals surface area contributed by atoms with Gasteiger partial charge in [0.05, 0.1) is 11.4 Å². The van der Waals surface area contributed by atoms with Gasteiger partial charge in [-0.3, -0.25) is 4.68 Å². The summed E-state index contributed by atoms with van der Waals surface area (Å²) in [6.45, 7) is 9.31. The van der Waals surface area contributed by atoms with Crippen molar-refractivity contribution in [2.75, 3.05) is 0 Å². The third-order valence-corrected chi connectivity index (χ3v) is 3.52. The molecule has 1 aromatic carbocycles. The van der Waals surface area contributed by atoms with E-state index in [-0.39, 0.29) is 5.41 Å². The van der Waals surface area contributed by atoms with Gasteiger partial charge in [-0.25, -0.2) is 0 Å². The van der Waals surface area contributed by atoms with Gasteiger partial charge in [0.25, 0.3) is 0 Å². The van der Waals surface area contributed by atoms with Crippen molar-refractivity contribution in [1.82, 2.24) is 9.78 Å². The Bertz CT molecular complexity index is 589. The van der Waals surface area contributed by atoms with Crippen LogP contribution in [0.1, 0.15) is 37.6 Å². The quantitative estimate of drug-likeness (QED) is 0.898. The molecule has 0 aliphatic heterocycles. The molecule has 0 atom stereocenters. The van der Waals surface area contributed by atoms with Gasteiger partial charge >= 0.3 is 0 Å². The first kappa shape index (κ1) is 13.8. The van der Waals surface area contributed by atoms with E-state index in [0.717, 1.165) is 11.4 Å². The van der Waals surface area contributed by atoms with Crippen molar-refractivity contribution in [3.05, 3.63) is 41.1 Å². The van der Waals surface area contributed by atoms with Crippen molar-refractivity contribution in [3.8, 4) is 11.3 Å². The average Bonchev–Trinajstić information content (AvgIpc) is 2.69. The van der Waals surface area contributed by atoms with Crippen molar-refractivity contribution in [1.29, 1.82) is 0 Å². The number of aromatic nitrogens is 2. The summed E-state index contributed by atoms with van der Waals surface area (Å²) in [4.78, 5) is 0. The summed E-state index contributed by atoms with van der Waals surface area (Å²) in [6.07, 6.45) is 0. The molecule has 0 aliphatic rings. The first-order valence-electron chi connectivity index (χ1n) is 6.67. The summed E-state index contributed by atoms with van der Waals surface area (Å²) in [7, 11) is 1.97. The lowest BCUT2D eigenvalue weighted by molar-refractivity contribution is 0.590. The second-order valence-electron chi connectivity index (χ2n) is 6.13. The smallest absolute Gasteiger partial charge is 0.0766 e. The monoisotopic (exact) mass is 257 g/mol. The van der Waals surface area contributed by atoms with Crippen molar-refractivity contribution < 1.29 is 0 Å². The van der Waals surface area contributed by atoms with Gasteiger partial charge in [-0.05, 0) is 35.6 Å². The highest BCUT2D eigenvalue weighted by Gasteiger charge is 2.16. The van der Waals surface area contributed by atoms with E-state index in [1.807, 2.05) is 11.7 Å². The molecular weight excluding hydrogens is 234 g/mol. The van der Waals surface area contributed by atoms with E-state index in [1.165, 1.54) is 16.7 Å². The van der Waals surface area contributed by atoms with Gasteiger partial charge in [-0.1, -0.05) is 32.9 Å². The highest BCUT2D eigenvalue weighted by atomic mass is 15.3. The maximum atomic E-state index is 5.67. The average molecular weight is 257 g/mol. The van der Waals surface area contributed by atoms with Crippen LogP contribution in [0.4, 0.5) is 0 Å². The minimum atomic E-state index is 0.151. The van der Waals surface area contributed by atoms with Crippen molar-refractivity contribution in [2.24, 2.45) is 12.8 Å². The molecule has 0 aliphatic carbocycles. The Kier molecular flexibility index (Phi) is 3.50. The van der Waals surface area contributed by atoms with Crippen LogP contribution < -0.4 is 5.73 Å². The molecule has 3 heteroatoms. The first-order chi connectivity index (χ1) is 8.82. The van der Waals surface area contributed by atoms with E-state index < -0.39 is 0 Å². The fraction of sp³-hybridized carbons (Fsp3) is 0.438. The fourth-order valence-electron chi connectivity index (χ4n) is 2.24. The van der Waals surface area contributed by atoms with Gasteiger partial charge in [0.15, 0.2) is 0 Å². The van der Waals surface area contributed by atoms with Crippen LogP contribution in [-0.2, 0) is 19.0 Å². The van der Waals surface area contributed by atoms with Gasteiger partial charge in [0, 0.05) is 19.2 Å². The Morgan fingerprint density at radius 2 is 1.89 bits per heavy atom. The van der Waals surface area contributed by atoms with Gasteiger partial charge in [-0.15, -0.1) is 0 Å². The Morgan fingerprint density at radius 1 is 1.21 bits per heavy atom. The lowest BCUT2D eigenvalue weighted by atomic mass is 9.85. The molecule has 2 aromatic rings. The molecule has 2 rings (SSSR count). The normalized spacial score (nSPS) is 11.9. The number of hydrogen-bond donors (Lipinski definition) is 1. The van der Waals surface area contributed by atoms with Crippen LogP contribution in [0.25, 0.3) is 11.3 Å². The second-order valence-corrected chi connectivity index (χ2v) is 6.13. The third kappa shape index (κ3) is 2.71. The lowest BCUT2D eigenvalue weighted by Gasteiger charge is -2.20. The van der Waals surface area contributed by atoms with Crippen LogP contribution in [0.5, 0.6) is 0 Å². The summed E-state index contributed by atoms with van der Waals surface area (Å²) < 4.78 is 1.91. The van der Waals surface area contributed by atoms with E-state index >= 15 is 0 Å². The Balaban J connectivity index is 2.57. The molecule has 3 nitrogen and oxygen atoms in total. The summed E-state index contributed by atoms with van der Waals surface area (Å²) in [5.41, 5.74) is 11.7. The molecule has 2 N–H and O–H groups in total. The molecule has 0 unspecified atom stereocenters. The van der Waals surface area contributed by atoms with Crippen LogP contribution in [-0.4, -0.2) is 9.78 Å². The predicted molar refractivity (Wildman–Crippen MR) is 80.0 cm³/mol. The van der Waals surface area contributed by atoms with Crippen LogP contribution in [0.15, 0.2) is 24.3 Å². The van der Waals surface area contributed by atoms with Crippen molar-refractivity contribution in [3.63, 3.8) is 0 Å². The molecule has 0 spiro atoms. The molecule has 102 valence electrons. The Hall–Kier alpha value is -1.61. The number of benzene rings is 1. The molecule has 0 fully saturated rings. The first-order valence-corrected chi connectivity index (χ1v) is 6.67. The van der Waals surface area contributed by atoms with Crippen LogP contribution >= 0.6 is 0 Å². The molecule has 0 amide bonds. The third-order valence-electron chi connectivity index (χ3n) is 3.52. The van der Waals surface area contributed by atoms with Crippen LogP contribution in [0.3, 0.4) is 0 Å². The molecule has 0 radical (unpaired) electrons. The summed E-state index contributed by atoms with van der Waals surface area (Å²) in [5, 5.41) is 4.43. The Labute approximate surface area is 115 Å². The molecule has 1 heterocycles. The predicted octanol–water partition coefficient (Wildman–Crippen LogP) is 3.15. The van der Waals surface area contributed by atoms with Crippen LogP contribution in [0.2, 0.25) is 0 Å². The second kappa shape index (κ2) is 4.82. The summed E-state index contributed by atoms with van der Waals surface area (Å²) >= 11 is 0. The fourth-order valence-corrected chi connectivity index (χ4v) is 2.24. The topological polar surface area (TPSA) is 43.8 Å². The van der Waals surface area contributed by atoms with E-state index in [0.29, 0.717) is 6.54 Å². The van der Waals surface area contributed by atoms with E-state index in [1.54, 1.807) is 0 Å². The SMILES string of the molecule is Cc1ccc(C(C)(C)C)cc1-c1cc(CN)nn1C. The number of aryl methyl sites for hydroxylation is 2. The molecule has 0 saturated carbocycles. The zero-order valence-electron chi connectivity index (χ0n) is 12.5. The maximum Gasteiger partial charge on any atom is 0.0766 e. The highest BCUT2D eigenvalue weighted by Crippen LogP contribution is 2.30. The minimum absolute atomic E-state index is 0.151. The van der Waals surface area contributed by atoms with E-state index in [4.69, 9.17) is 5.73 Å². The largest absolute Gasteiger partial charge is 0.325 e. The van der Waals surface area contributed by atoms with Gasteiger partial charge in [0.1, 0.15) is 0 Å². The molecule has 19 heavy (non-hydrogen) atoms. The minimum Gasteiger partial charge on any atom is -0.325 e. The standard InChI is InChI=1S/C16H23N3/c1-11-6-7-12(16(2,3)4)8-14(11)15-9-13(10-17)18-19(15)5/h6-9H,10,17H2,1-5H3. The van der Waals surface area contributed by atoms with Crippen molar-refractivity contribution >= 4 is 0 Å².